The van der Waals surface area contributed by atoms with Gasteiger partial charge < -0.3 is 19.7 Å². The van der Waals surface area contributed by atoms with Crippen molar-refractivity contribution in [3.05, 3.63) is 65.7 Å². The van der Waals surface area contributed by atoms with Gasteiger partial charge in [-0.3, -0.25) is 9.59 Å². The highest BCUT2D eigenvalue weighted by Crippen LogP contribution is 2.23. The van der Waals surface area contributed by atoms with Gasteiger partial charge in [0.25, 0.3) is 5.91 Å². The lowest BCUT2D eigenvalue weighted by atomic mass is 10.0. The van der Waals surface area contributed by atoms with E-state index >= 15 is 0 Å². The second kappa shape index (κ2) is 9.78. The smallest absolute Gasteiger partial charge is 0.251 e. The van der Waals surface area contributed by atoms with E-state index in [1.54, 1.807) is 49.5 Å². The molecular weight excluding hydrogens is 368 g/mol. The maximum atomic E-state index is 12.5. The minimum atomic E-state index is -0.0674. The van der Waals surface area contributed by atoms with Crippen molar-refractivity contribution in [3.8, 4) is 11.5 Å². The molecule has 3 rings (SSSR count). The third-order valence-corrected chi connectivity index (χ3v) is 4.97. The van der Waals surface area contributed by atoms with Crippen LogP contribution in [0.4, 0.5) is 0 Å². The van der Waals surface area contributed by atoms with E-state index in [0.717, 1.165) is 18.4 Å². The highest BCUT2D eigenvalue weighted by atomic mass is 16.5. The average molecular weight is 394 g/mol. The van der Waals surface area contributed by atoms with Gasteiger partial charge in [-0.2, -0.15) is 0 Å². The van der Waals surface area contributed by atoms with Crippen LogP contribution in [0, 0.1) is 0 Å². The Morgan fingerprint density at radius 3 is 2.21 bits per heavy atom. The third-order valence-electron chi connectivity index (χ3n) is 4.97. The Balaban J connectivity index is 1.52. The second-order valence-corrected chi connectivity index (χ2v) is 6.92. The first-order valence-electron chi connectivity index (χ1n) is 9.65. The minimum absolute atomic E-state index is 0.0420. The number of hydrogen-bond acceptors (Lipinski definition) is 4. The number of carbonyl (C=O) groups is 2. The van der Waals surface area contributed by atoms with Crippen LogP contribution in [-0.2, 0) is 4.79 Å². The van der Waals surface area contributed by atoms with Crippen molar-refractivity contribution in [1.29, 1.82) is 0 Å². The van der Waals surface area contributed by atoms with Crippen LogP contribution in [0.2, 0.25) is 0 Å². The fraction of sp³-hybridized carbons (Fsp3) is 0.304. The Morgan fingerprint density at radius 2 is 1.62 bits per heavy atom. The molecule has 6 nitrogen and oxygen atoms in total. The van der Waals surface area contributed by atoms with Gasteiger partial charge in [-0.1, -0.05) is 18.2 Å². The number of ether oxygens (including phenoxy) is 2. The Hall–Kier alpha value is -3.28. The quantitative estimate of drug-likeness (QED) is 0.765. The number of amides is 2. The Bertz CT molecular complexity index is 849. The average Bonchev–Trinajstić information content (AvgIpc) is 2.78. The molecule has 1 aliphatic heterocycles. The summed E-state index contributed by atoms with van der Waals surface area (Å²) in [4.78, 5) is 26.6. The van der Waals surface area contributed by atoms with Crippen molar-refractivity contribution in [1.82, 2.24) is 10.2 Å². The van der Waals surface area contributed by atoms with E-state index in [2.05, 4.69) is 5.32 Å². The molecule has 0 aromatic heterocycles. The molecule has 0 saturated carbocycles. The summed E-state index contributed by atoms with van der Waals surface area (Å²) in [5.41, 5.74) is 1.49. The maximum absolute atomic E-state index is 12.5. The number of likely N-dealkylation sites (tertiary alicyclic amines) is 1. The van der Waals surface area contributed by atoms with Crippen LogP contribution in [-0.4, -0.2) is 50.1 Å². The molecule has 152 valence electrons. The van der Waals surface area contributed by atoms with E-state index in [-0.39, 0.29) is 17.9 Å². The monoisotopic (exact) mass is 394 g/mol. The van der Waals surface area contributed by atoms with E-state index in [1.807, 2.05) is 30.3 Å². The summed E-state index contributed by atoms with van der Waals surface area (Å²) in [5.74, 6) is 1.24. The molecule has 0 atom stereocenters. The highest BCUT2D eigenvalue weighted by molar-refractivity contribution is 5.94. The van der Waals surface area contributed by atoms with Crippen molar-refractivity contribution in [2.45, 2.75) is 18.9 Å². The zero-order valence-corrected chi connectivity index (χ0v) is 16.8. The van der Waals surface area contributed by atoms with Gasteiger partial charge in [-0.25, -0.2) is 0 Å². The fourth-order valence-electron chi connectivity index (χ4n) is 3.30. The second-order valence-electron chi connectivity index (χ2n) is 6.92. The molecular formula is C23H26N2O4. The molecule has 1 fully saturated rings. The lowest BCUT2D eigenvalue weighted by Crippen LogP contribution is -2.46. The number of methoxy groups -OCH3 is 2. The number of rotatable bonds is 6. The lowest BCUT2D eigenvalue weighted by Gasteiger charge is -2.31. The van der Waals surface area contributed by atoms with Gasteiger partial charge >= 0.3 is 0 Å². The van der Waals surface area contributed by atoms with Gasteiger partial charge in [0.2, 0.25) is 5.91 Å². The van der Waals surface area contributed by atoms with Crippen molar-refractivity contribution in [2.75, 3.05) is 27.3 Å². The molecule has 1 saturated heterocycles. The van der Waals surface area contributed by atoms with Crippen molar-refractivity contribution < 1.29 is 19.1 Å². The third kappa shape index (κ3) is 5.60. The number of nitrogens with one attached hydrogen (secondary N) is 1. The SMILES string of the molecule is COc1cc(C=CC(=O)N2CCC(NC(=O)c3ccccc3)CC2)cc(OC)c1. The molecule has 0 unspecified atom stereocenters. The van der Waals surface area contributed by atoms with Crippen LogP contribution in [0.15, 0.2) is 54.6 Å². The topological polar surface area (TPSA) is 67.9 Å². The molecule has 2 amide bonds. The normalized spacial score (nSPS) is 14.6. The molecule has 0 aliphatic carbocycles. The first-order chi connectivity index (χ1) is 14.1. The largest absolute Gasteiger partial charge is 0.497 e. The van der Waals surface area contributed by atoms with Crippen LogP contribution < -0.4 is 14.8 Å². The van der Waals surface area contributed by atoms with E-state index in [1.165, 1.54) is 0 Å². The van der Waals surface area contributed by atoms with Gasteiger partial charge in [0.15, 0.2) is 0 Å². The molecule has 6 heteroatoms. The van der Waals surface area contributed by atoms with Gasteiger partial charge in [-0.15, -0.1) is 0 Å². The zero-order valence-electron chi connectivity index (χ0n) is 16.8. The van der Waals surface area contributed by atoms with Gasteiger partial charge in [-0.05, 0) is 48.7 Å². The highest BCUT2D eigenvalue weighted by Gasteiger charge is 2.23. The minimum Gasteiger partial charge on any atom is -0.497 e. The molecule has 29 heavy (non-hydrogen) atoms. The summed E-state index contributed by atoms with van der Waals surface area (Å²) in [6.07, 6.45) is 4.81. The first-order valence-corrected chi connectivity index (χ1v) is 9.65. The van der Waals surface area contributed by atoms with Gasteiger partial charge in [0.05, 0.1) is 14.2 Å². The van der Waals surface area contributed by atoms with Crippen molar-refractivity contribution in [2.24, 2.45) is 0 Å². The Morgan fingerprint density at radius 1 is 1.00 bits per heavy atom. The molecule has 1 aliphatic rings. The number of piperidine rings is 1. The van der Waals surface area contributed by atoms with Crippen LogP contribution >= 0.6 is 0 Å². The predicted molar refractivity (Wildman–Crippen MR) is 112 cm³/mol. The van der Waals surface area contributed by atoms with E-state index < -0.39 is 0 Å². The Kier molecular flexibility index (Phi) is 6.89. The van der Waals surface area contributed by atoms with Crippen LogP contribution in [0.3, 0.4) is 0 Å². The summed E-state index contributed by atoms with van der Waals surface area (Å²) in [6.45, 7) is 1.23. The first kappa shape index (κ1) is 20.5. The van der Waals surface area contributed by atoms with Crippen LogP contribution in [0.25, 0.3) is 6.08 Å². The molecule has 1 heterocycles. The lowest BCUT2D eigenvalue weighted by molar-refractivity contribution is -0.126. The predicted octanol–water partition coefficient (Wildman–Crippen LogP) is 3.14. The molecule has 2 aromatic carbocycles. The summed E-state index contributed by atoms with van der Waals surface area (Å²) < 4.78 is 10.5. The van der Waals surface area contributed by atoms with Crippen LogP contribution in [0.5, 0.6) is 11.5 Å². The van der Waals surface area contributed by atoms with E-state index in [4.69, 9.17) is 9.47 Å². The van der Waals surface area contributed by atoms with E-state index in [0.29, 0.717) is 30.2 Å². The standard InChI is InChI=1S/C23H26N2O4/c1-28-20-14-17(15-21(16-20)29-2)8-9-22(26)25-12-10-19(11-13-25)24-23(27)18-6-4-3-5-7-18/h3-9,14-16,19H,10-13H2,1-2H3,(H,24,27). The number of benzene rings is 2. The van der Waals surface area contributed by atoms with Crippen LogP contribution in [0.1, 0.15) is 28.8 Å². The van der Waals surface area contributed by atoms with Crippen molar-refractivity contribution >= 4 is 17.9 Å². The molecule has 2 aromatic rings. The summed E-state index contributed by atoms with van der Waals surface area (Å²) >= 11 is 0. The zero-order chi connectivity index (χ0) is 20.6. The summed E-state index contributed by atoms with van der Waals surface area (Å²) in [5, 5.41) is 3.06. The molecule has 0 radical (unpaired) electrons. The maximum Gasteiger partial charge on any atom is 0.251 e. The molecule has 0 spiro atoms. The number of nitrogens with zero attached hydrogens (tertiary/aromatic N) is 1. The number of hydrogen-bond donors (Lipinski definition) is 1. The van der Waals surface area contributed by atoms with Gasteiger partial charge in [0.1, 0.15) is 11.5 Å². The van der Waals surface area contributed by atoms with Crippen molar-refractivity contribution in [3.63, 3.8) is 0 Å². The van der Waals surface area contributed by atoms with Gasteiger partial charge in [0, 0.05) is 36.8 Å². The molecule has 0 bridgehead atoms. The Labute approximate surface area is 171 Å². The van der Waals surface area contributed by atoms with E-state index in [9.17, 15) is 9.59 Å². The fourth-order valence-corrected chi connectivity index (χ4v) is 3.30. The summed E-state index contributed by atoms with van der Waals surface area (Å²) in [6, 6.07) is 14.7. The number of carbonyl (C=O) groups excluding carboxylic acids is 2. The summed E-state index contributed by atoms with van der Waals surface area (Å²) in [7, 11) is 3.18. The molecule has 1 N–H and O–H groups in total.